The molecule has 0 radical (unpaired) electrons. The third-order valence-corrected chi connectivity index (χ3v) is 7.40. The van der Waals surface area contributed by atoms with Crippen LogP contribution in [0.4, 0.5) is 0 Å². The van der Waals surface area contributed by atoms with Gasteiger partial charge in [0.2, 0.25) is 0 Å². The van der Waals surface area contributed by atoms with Crippen molar-refractivity contribution in [3.8, 4) is 5.75 Å². The number of hydrogen-bond acceptors (Lipinski definition) is 5. The molecule has 1 aliphatic rings. The smallest absolute Gasteiger partial charge is 0.188 e. The van der Waals surface area contributed by atoms with Gasteiger partial charge in [-0.25, -0.2) is 13.4 Å². The Morgan fingerprint density at radius 3 is 2.62 bits per heavy atom. The highest BCUT2D eigenvalue weighted by atomic mass is 127. The molecule has 132 valence electrons. The lowest BCUT2D eigenvalue weighted by Crippen LogP contribution is -2.44. The Bertz CT molecular complexity index is 879. The molecular formula is C16H21IN2O4S. The first kappa shape index (κ1) is 17.9. The Balaban J connectivity index is 2.09. The molecule has 0 aliphatic carbocycles. The number of rotatable bonds is 4. The molecule has 1 saturated heterocycles. The van der Waals surface area contributed by atoms with Crippen LogP contribution in [0.3, 0.4) is 0 Å². The summed E-state index contributed by atoms with van der Waals surface area (Å²) in [5.74, 6) is 0.354. The molecule has 0 amide bonds. The molecule has 6 nitrogen and oxygen atoms in total. The Hall–Kier alpha value is -0.870. The van der Waals surface area contributed by atoms with Crippen molar-refractivity contribution in [1.82, 2.24) is 9.38 Å². The predicted octanol–water partition coefficient (Wildman–Crippen LogP) is 2.93. The molecule has 2 aromatic heterocycles. The van der Waals surface area contributed by atoms with Gasteiger partial charge in [0.05, 0.1) is 30.8 Å². The van der Waals surface area contributed by atoms with E-state index >= 15 is 0 Å². The number of hydrogen-bond donors (Lipinski definition) is 0. The summed E-state index contributed by atoms with van der Waals surface area (Å²) in [6.07, 6.45) is 3.31. The third-order valence-electron chi connectivity index (χ3n) is 4.10. The maximum atomic E-state index is 13.0. The molecule has 0 atom stereocenters. The Morgan fingerprint density at radius 1 is 1.42 bits per heavy atom. The first-order chi connectivity index (χ1) is 11.0. The Kier molecular flexibility index (Phi) is 4.37. The second-order valence-corrected chi connectivity index (χ2v) is 11.3. The quantitative estimate of drug-likeness (QED) is 0.651. The van der Waals surface area contributed by atoms with Crippen LogP contribution in [0, 0.1) is 9.12 Å². The van der Waals surface area contributed by atoms with Crippen LogP contribution in [0.2, 0.25) is 0 Å². The Morgan fingerprint density at radius 2 is 2.08 bits per heavy atom. The summed E-state index contributed by atoms with van der Waals surface area (Å²) in [6, 6.07) is 1.70. The van der Waals surface area contributed by atoms with Crippen molar-refractivity contribution in [2.24, 2.45) is 5.41 Å². The molecular weight excluding hydrogens is 443 g/mol. The van der Waals surface area contributed by atoms with E-state index in [9.17, 15) is 8.42 Å². The van der Waals surface area contributed by atoms with Crippen LogP contribution in [0.5, 0.6) is 5.75 Å². The average Bonchev–Trinajstić information content (AvgIpc) is 2.81. The van der Waals surface area contributed by atoms with E-state index in [0.29, 0.717) is 31.2 Å². The van der Waals surface area contributed by atoms with Gasteiger partial charge in [0, 0.05) is 17.7 Å². The highest BCUT2D eigenvalue weighted by Crippen LogP contribution is 2.35. The minimum absolute atomic E-state index is 0.0707. The lowest BCUT2D eigenvalue weighted by Gasteiger charge is -2.37. The second kappa shape index (κ2) is 5.84. The first-order valence-corrected chi connectivity index (χ1v) is 10.2. The molecule has 0 aromatic carbocycles. The largest absolute Gasteiger partial charge is 0.491 e. The van der Waals surface area contributed by atoms with Gasteiger partial charge in [-0.15, -0.1) is 0 Å². The standard InChI is InChI=1S/C16H21IN2O4S/c1-15(2,3)24(20,21)12-7-19-13(17)6-18-14(19)5-11(12)23-10-16(4)8-22-9-16/h5-7H,8-10H2,1-4H3. The minimum atomic E-state index is -3.56. The zero-order valence-corrected chi connectivity index (χ0v) is 17.1. The van der Waals surface area contributed by atoms with E-state index in [1.165, 1.54) is 0 Å². The molecule has 3 rings (SSSR count). The maximum absolute atomic E-state index is 13.0. The van der Waals surface area contributed by atoms with Crippen molar-refractivity contribution >= 4 is 38.1 Å². The number of sulfone groups is 1. The predicted molar refractivity (Wildman–Crippen MR) is 99.3 cm³/mol. The summed E-state index contributed by atoms with van der Waals surface area (Å²) in [6.45, 7) is 8.79. The topological polar surface area (TPSA) is 69.9 Å². The van der Waals surface area contributed by atoms with Crippen molar-refractivity contribution in [1.29, 1.82) is 0 Å². The molecule has 2 aromatic rings. The number of pyridine rings is 1. The molecule has 3 heterocycles. The lowest BCUT2D eigenvalue weighted by atomic mass is 9.90. The fourth-order valence-electron chi connectivity index (χ4n) is 2.39. The molecule has 8 heteroatoms. The monoisotopic (exact) mass is 464 g/mol. The number of halogens is 1. The highest BCUT2D eigenvalue weighted by molar-refractivity contribution is 14.1. The third kappa shape index (κ3) is 3.03. The van der Waals surface area contributed by atoms with E-state index in [4.69, 9.17) is 9.47 Å². The van der Waals surface area contributed by atoms with Crippen LogP contribution in [0.25, 0.3) is 5.65 Å². The van der Waals surface area contributed by atoms with Crippen molar-refractivity contribution in [3.05, 3.63) is 22.2 Å². The van der Waals surface area contributed by atoms with Gasteiger partial charge in [0.25, 0.3) is 0 Å². The van der Waals surface area contributed by atoms with Gasteiger partial charge in [-0.3, -0.25) is 4.40 Å². The van der Waals surface area contributed by atoms with E-state index in [2.05, 4.69) is 34.5 Å². The SMILES string of the molecule is CC1(COc2cc3ncc(I)n3cc2S(=O)(=O)C(C)(C)C)COC1. The molecule has 1 aliphatic heterocycles. The summed E-state index contributed by atoms with van der Waals surface area (Å²) < 4.78 is 38.9. The van der Waals surface area contributed by atoms with Gasteiger partial charge in [0.1, 0.15) is 20.0 Å². The summed E-state index contributed by atoms with van der Waals surface area (Å²) in [5, 5.41) is 0. The fraction of sp³-hybridized carbons (Fsp3) is 0.562. The van der Waals surface area contributed by atoms with Gasteiger partial charge < -0.3 is 9.47 Å². The zero-order valence-electron chi connectivity index (χ0n) is 14.2. The van der Waals surface area contributed by atoms with Gasteiger partial charge in [-0.05, 0) is 43.4 Å². The first-order valence-electron chi connectivity index (χ1n) is 7.65. The summed E-state index contributed by atoms with van der Waals surface area (Å²) >= 11 is 2.13. The van der Waals surface area contributed by atoms with Gasteiger partial charge in [-0.1, -0.05) is 6.92 Å². The molecule has 24 heavy (non-hydrogen) atoms. The van der Waals surface area contributed by atoms with Crippen LogP contribution in [-0.2, 0) is 14.6 Å². The van der Waals surface area contributed by atoms with E-state index in [0.717, 1.165) is 3.70 Å². The van der Waals surface area contributed by atoms with Crippen LogP contribution >= 0.6 is 22.6 Å². The number of nitrogens with zero attached hydrogens (tertiary/aromatic N) is 2. The molecule has 0 N–H and O–H groups in total. The van der Waals surface area contributed by atoms with Crippen LogP contribution in [0.1, 0.15) is 27.7 Å². The van der Waals surface area contributed by atoms with Crippen LogP contribution in [-0.4, -0.2) is 42.4 Å². The van der Waals surface area contributed by atoms with Gasteiger partial charge in [-0.2, -0.15) is 0 Å². The van der Waals surface area contributed by atoms with Crippen molar-refractivity contribution < 1.29 is 17.9 Å². The summed E-state index contributed by atoms with van der Waals surface area (Å²) in [5.41, 5.74) is 0.593. The van der Waals surface area contributed by atoms with Crippen LogP contribution in [0.15, 0.2) is 23.4 Å². The summed E-state index contributed by atoms with van der Waals surface area (Å²) in [7, 11) is -3.56. The van der Waals surface area contributed by atoms with E-state index in [1.54, 1.807) is 43.6 Å². The number of aromatic nitrogens is 2. The van der Waals surface area contributed by atoms with E-state index < -0.39 is 14.6 Å². The van der Waals surface area contributed by atoms with Gasteiger partial charge in [0.15, 0.2) is 9.84 Å². The fourth-order valence-corrected chi connectivity index (χ4v) is 4.20. The summed E-state index contributed by atoms with van der Waals surface area (Å²) in [4.78, 5) is 4.50. The molecule has 0 saturated carbocycles. The average molecular weight is 464 g/mol. The number of ether oxygens (including phenoxy) is 2. The van der Waals surface area contributed by atoms with Crippen molar-refractivity contribution in [2.75, 3.05) is 19.8 Å². The van der Waals surface area contributed by atoms with Crippen LogP contribution < -0.4 is 4.74 Å². The molecule has 0 unspecified atom stereocenters. The normalized spacial score (nSPS) is 17.7. The van der Waals surface area contributed by atoms with Crippen molar-refractivity contribution in [2.45, 2.75) is 37.3 Å². The number of imidazole rings is 1. The van der Waals surface area contributed by atoms with Gasteiger partial charge >= 0.3 is 0 Å². The highest BCUT2D eigenvalue weighted by Gasteiger charge is 2.37. The zero-order chi connectivity index (χ0) is 17.8. The maximum Gasteiger partial charge on any atom is 0.188 e. The minimum Gasteiger partial charge on any atom is -0.491 e. The lowest BCUT2D eigenvalue weighted by molar-refractivity contribution is -0.120. The second-order valence-electron chi connectivity index (χ2n) is 7.52. The molecule has 0 bridgehead atoms. The number of fused-ring (bicyclic) bond motifs is 1. The Labute approximate surface area is 155 Å². The van der Waals surface area contributed by atoms with Crippen molar-refractivity contribution in [3.63, 3.8) is 0 Å². The molecule has 0 spiro atoms. The van der Waals surface area contributed by atoms with E-state index in [-0.39, 0.29) is 10.3 Å². The molecule has 1 fully saturated rings. The van der Waals surface area contributed by atoms with E-state index in [1.807, 2.05) is 0 Å².